The van der Waals surface area contributed by atoms with Gasteiger partial charge in [-0.15, -0.1) is 11.8 Å². The number of thioether (sulfide) groups is 1. The second kappa shape index (κ2) is 6.06. The largest absolute Gasteiger partial charge is 1.00 e. The van der Waals surface area contributed by atoms with E-state index in [1.807, 2.05) is 18.2 Å². The third kappa shape index (κ3) is 6.54. The maximum absolute atomic E-state index is 10.3. The molecular formula is C7H8NaO3S2+. The van der Waals surface area contributed by atoms with E-state index < -0.39 is 10.1 Å². The Morgan fingerprint density at radius 1 is 1.23 bits per heavy atom. The molecule has 1 aromatic carbocycles. The summed E-state index contributed by atoms with van der Waals surface area (Å²) in [6, 6.07) is 9.04. The Morgan fingerprint density at radius 2 is 1.77 bits per heavy atom. The van der Waals surface area contributed by atoms with Crippen LogP contribution < -0.4 is 29.6 Å². The van der Waals surface area contributed by atoms with E-state index in [1.54, 1.807) is 12.1 Å². The van der Waals surface area contributed by atoms with Gasteiger partial charge in [-0.1, -0.05) is 18.2 Å². The monoisotopic (exact) mass is 227 g/mol. The molecule has 0 fully saturated rings. The van der Waals surface area contributed by atoms with Crippen molar-refractivity contribution in [3.63, 3.8) is 0 Å². The van der Waals surface area contributed by atoms with E-state index in [-0.39, 0.29) is 34.6 Å². The zero-order valence-corrected chi connectivity index (χ0v) is 10.8. The van der Waals surface area contributed by atoms with Crippen LogP contribution in [0.4, 0.5) is 0 Å². The summed E-state index contributed by atoms with van der Waals surface area (Å²) in [5, 5.41) is -0.295. The van der Waals surface area contributed by atoms with Crippen molar-refractivity contribution in [2.75, 3.05) is 5.08 Å². The minimum atomic E-state index is -3.86. The van der Waals surface area contributed by atoms with Crippen LogP contribution in [0.2, 0.25) is 0 Å². The zero-order valence-electron chi connectivity index (χ0n) is 7.17. The van der Waals surface area contributed by atoms with E-state index in [9.17, 15) is 8.42 Å². The second-order valence-electron chi connectivity index (χ2n) is 2.16. The standard InChI is InChI=1S/C7H8O3S2.Na/c8-12(9,10)6-11-7-4-2-1-3-5-7;/h1-5H,6H2,(H,8,9,10);/q;+1. The van der Waals surface area contributed by atoms with Gasteiger partial charge in [0.15, 0.2) is 0 Å². The maximum Gasteiger partial charge on any atom is 1.00 e. The summed E-state index contributed by atoms with van der Waals surface area (Å²) in [6.07, 6.45) is 0. The molecule has 0 bridgehead atoms. The molecule has 0 aliphatic carbocycles. The molecular weight excluding hydrogens is 219 g/mol. The predicted molar refractivity (Wildman–Crippen MR) is 48.7 cm³/mol. The summed E-state index contributed by atoms with van der Waals surface area (Å²) in [7, 11) is -3.86. The van der Waals surface area contributed by atoms with Gasteiger partial charge in [0.2, 0.25) is 0 Å². The molecule has 0 aliphatic rings. The van der Waals surface area contributed by atoms with Gasteiger partial charge in [0.05, 0.1) is 0 Å². The molecule has 1 N–H and O–H groups in total. The van der Waals surface area contributed by atoms with Crippen molar-refractivity contribution in [1.82, 2.24) is 0 Å². The van der Waals surface area contributed by atoms with Crippen LogP contribution in [0, 0.1) is 0 Å². The fourth-order valence-electron chi connectivity index (χ4n) is 0.659. The number of hydrogen-bond donors (Lipinski definition) is 1. The van der Waals surface area contributed by atoms with Crippen LogP contribution in [0.5, 0.6) is 0 Å². The third-order valence-electron chi connectivity index (χ3n) is 1.12. The molecule has 0 atom stereocenters. The SMILES string of the molecule is O=S(=O)(O)CSc1ccccc1.[Na+]. The average molecular weight is 227 g/mol. The summed E-state index contributed by atoms with van der Waals surface area (Å²) >= 11 is 1.09. The minimum Gasteiger partial charge on any atom is -0.285 e. The van der Waals surface area contributed by atoms with Crippen LogP contribution in [0.1, 0.15) is 0 Å². The van der Waals surface area contributed by atoms with Crippen LogP contribution >= 0.6 is 11.8 Å². The predicted octanol–water partition coefficient (Wildman–Crippen LogP) is -1.37. The molecule has 0 aromatic heterocycles. The van der Waals surface area contributed by atoms with E-state index in [0.717, 1.165) is 16.7 Å². The summed E-state index contributed by atoms with van der Waals surface area (Å²) < 4.78 is 29.1. The molecule has 0 heterocycles. The molecule has 0 aliphatic heterocycles. The normalized spacial score (nSPS) is 10.5. The Balaban J connectivity index is 0.00000144. The molecule has 6 heteroatoms. The van der Waals surface area contributed by atoms with Crippen molar-refractivity contribution in [3.8, 4) is 0 Å². The molecule has 0 saturated heterocycles. The summed E-state index contributed by atoms with van der Waals surface area (Å²) in [6.45, 7) is 0. The van der Waals surface area contributed by atoms with Crippen molar-refractivity contribution in [1.29, 1.82) is 0 Å². The second-order valence-corrected chi connectivity index (χ2v) is 5.02. The van der Waals surface area contributed by atoms with Crippen LogP contribution in [0.15, 0.2) is 35.2 Å². The molecule has 0 radical (unpaired) electrons. The molecule has 0 unspecified atom stereocenters. The molecule has 3 nitrogen and oxygen atoms in total. The maximum atomic E-state index is 10.3. The first-order valence-corrected chi connectivity index (χ1v) is 5.80. The summed E-state index contributed by atoms with van der Waals surface area (Å²) in [5.74, 6) is 0. The Kier molecular flexibility index (Phi) is 6.28. The van der Waals surface area contributed by atoms with Crippen molar-refractivity contribution in [2.24, 2.45) is 0 Å². The first-order chi connectivity index (χ1) is 5.58. The first-order valence-electron chi connectivity index (χ1n) is 3.21. The molecule has 66 valence electrons. The van der Waals surface area contributed by atoms with Gasteiger partial charge in [0, 0.05) is 4.90 Å². The Morgan fingerprint density at radius 3 is 2.23 bits per heavy atom. The molecule has 13 heavy (non-hydrogen) atoms. The molecule has 0 spiro atoms. The van der Waals surface area contributed by atoms with E-state index in [2.05, 4.69) is 0 Å². The van der Waals surface area contributed by atoms with Gasteiger partial charge < -0.3 is 0 Å². The van der Waals surface area contributed by atoms with Crippen molar-refractivity contribution >= 4 is 21.9 Å². The third-order valence-corrected chi connectivity index (χ3v) is 3.39. The number of hydrogen-bond acceptors (Lipinski definition) is 3. The summed E-state index contributed by atoms with van der Waals surface area (Å²) in [5.41, 5.74) is 0. The number of rotatable bonds is 3. The topological polar surface area (TPSA) is 54.4 Å². The first kappa shape index (κ1) is 13.5. The van der Waals surface area contributed by atoms with Gasteiger partial charge in [-0.2, -0.15) is 8.42 Å². The minimum absolute atomic E-state index is 0. The van der Waals surface area contributed by atoms with E-state index >= 15 is 0 Å². The van der Waals surface area contributed by atoms with E-state index in [4.69, 9.17) is 4.55 Å². The van der Waals surface area contributed by atoms with Crippen molar-refractivity contribution in [2.45, 2.75) is 4.90 Å². The Bertz CT molecular complexity index is 336. The van der Waals surface area contributed by atoms with Crippen LogP contribution in [-0.4, -0.2) is 18.1 Å². The van der Waals surface area contributed by atoms with Gasteiger partial charge >= 0.3 is 29.6 Å². The van der Waals surface area contributed by atoms with Gasteiger partial charge in [-0.3, -0.25) is 4.55 Å². The Hall–Kier alpha value is 0.480. The Labute approximate surface area is 104 Å². The van der Waals surface area contributed by atoms with Crippen molar-refractivity contribution < 1.29 is 42.5 Å². The summed E-state index contributed by atoms with van der Waals surface area (Å²) in [4.78, 5) is 0.829. The number of benzene rings is 1. The van der Waals surface area contributed by atoms with E-state index in [0.29, 0.717) is 0 Å². The van der Waals surface area contributed by atoms with E-state index in [1.165, 1.54) is 0 Å². The smallest absolute Gasteiger partial charge is 0.285 e. The average Bonchev–Trinajstić information content (AvgIpc) is 2.02. The molecule has 1 aromatic rings. The van der Waals surface area contributed by atoms with Gasteiger partial charge in [0.25, 0.3) is 10.1 Å². The van der Waals surface area contributed by atoms with Crippen LogP contribution in [0.3, 0.4) is 0 Å². The van der Waals surface area contributed by atoms with Gasteiger partial charge in [-0.25, -0.2) is 0 Å². The fourth-order valence-corrected chi connectivity index (χ4v) is 2.15. The molecule has 0 amide bonds. The van der Waals surface area contributed by atoms with Crippen molar-refractivity contribution in [3.05, 3.63) is 30.3 Å². The van der Waals surface area contributed by atoms with Crippen LogP contribution in [-0.2, 0) is 10.1 Å². The quantitative estimate of drug-likeness (QED) is 0.393. The zero-order chi connectivity index (χ0) is 9.03. The molecule has 1 rings (SSSR count). The van der Waals surface area contributed by atoms with Gasteiger partial charge in [0.1, 0.15) is 5.08 Å². The molecule has 0 saturated carbocycles. The fraction of sp³-hybridized carbons (Fsp3) is 0.143. The van der Waals surface area contributed by atoms with Gasteiger partial charge in [-0.05, 0) is 12.1 Å². The van der Waals surface area contributed by atoms with Crippen LogP contribution in [0.25, 0.3) is 0 Å².